The number of allylic oxidation sites excluding steroid dienone is 1. The molecule has 0 bridgehead atoms. The number of hydrogen-bond acceptors (Lipinski definition) is 3. The maximum absolute atomic E-state index is 12.7. The second-order valence-corrected chi connectivity index (χ2v) is 9.32. The molecule has 0 heterocycles. The van der Waals surface area contributed by atoms with Crippen molar-refractivity contribution in [3.05, 3.63) is 11.6 Å². The molecular weight excluding hydrogens is 314 g/mol. The van der Waals surface area contributed by atoms with E-state index in [0.29, 0.717) is 30.6 Å². The first-order chi connectivity index (χ1) is 11.8. The first kappa shape index (κ1) is 17.0. The van der Waals surface area contributed by atoms with Crippen LogP contribution in [0.15, 0.2) is 11.6 Å². The Balaban J connectivity index is 1.66. The standard InChI is InChI=1S/C21H29NO3/c1-12(23)22-19-18(25)11-17-15-5-4-13-10-14(24)6-8-20(13,2)16(15)7-9-21(17,19)3/h10,15-17,19H,4-9,11H2,1-3H3,(H,22,23)/t15-,16-,17-,19-,20+,21+/m1/s1. The molecule has 3 fully saturated rings. The molecule has 0 saturated heterocycles. The number of fused-ring (bicyclic) bond motifs is 5. The summed E-state index contributed by atoms with van der Waals surface area (Å²) < 4.78 is 0. The van der Waals surface area contributed by atoms with Gasteiger partial charge >= 0.3 is 0 Å². The van der Waals surface area contributed by atoms with Crippen LogP contribution in [-0.4, -0.2) is 23.5 Å². The lowest BCUT2D eigenvalue weighted by atomic mass is 9.47. The minimum absolute atomic E-state index is 0.103. The first-order valence-corrected chi connectivity index (χ1v) is 9.79. The van der Waals surface area contributed by atoms with Gasteiger partial charge in [-0.2, -0.15) is 0 Å². The quantitative estimate of drug-likeness (QED) is 0.795. The maximum Gasteiger partial charge on any atom is 0.217 e. The summed E-state index contributed by atoms with van der Waals surface area (Å²) in [5, 5.41) is 2.95. The average molecular weight is 343 g/mol. The molecule has 1 N–H and O–H groups in total. The minimum Gasteiger partial charge on any atom is -0.346 e. The van der Waals surface area contributed by atoms with E-state index in [2.05, 4.69) is 19.2 Å². The normalized spacial score (nSPS) is 46.0. The van der Waals surface area contributed by atoms with Crippen LogP contribution in [0, 0.1) is 28.6 Å². The zero-order chi connectivity index (χ0) is 18.0. The Labute approximate surface area is 149 Å². The number of hydrogen-bond donors (Lipinski definition) is 1. The molecule has 0 aromatic carbocycles. The van der Waals surface area contributed by atoms with E-state index >= 15 is 0 Å². The van der Waals surface area contributed by atoms with Gasteiger partial charge in [0.25, 0.3) is 0 Å². The molecule has 4 heteroatoms. The summed E-state index contributed by atoms with van der Waals surface area (Å²) in [6, 6.07) is -0.311. The number of nitrogens with one attached hydrogen (secondary N) is 1. The molecular formula is C21H29NO3. The topological polar surface area (TPSA) is 63.2 Å². The molecule has 3 saturated carbocycles. The fraction of sp³-hybridized carbons (Fsp3) is 0.762. The van der Waals surface area contributed by atoms with E-state index in [1.807, 2.05) is 6.08 Å². The van der Waals surface area contributed by atoms with Crippen molar-refractivity contribution < 1.29 is 14.4 Å². The third-order valence-electron chi connectivity index (χ3n) is 8.15. The molecule has 0 radical (unpaired) electrons. The Morgan fingerprint density at radius 2 is 1.88 bits per heavy atom. The molecule has 4 nitrogen and oxygen atoms in total. The van der Waals surface area contributed by atoms with Crippen LogP contribution in [0.5, 0.6) is 0 Å². The number of carbonyl (C=O) groups is 3. The van der Waals surface area contributed by atoms with E-state index in [1.165, 1.54) is 12.5 Å². The molecule has 4 rings (SSSR count). The molecule has 0 aromatic rings. The number of ketones is 2. The highest BCUT2D eigenvalue weighted by molar-refractivity contribution is 5.92. The Morgan fingerprint density at radius 3 is 2.60 bits per heavy atom. The highest BCUT2D eigenvalue weighted by Gasteiger charge is 2.61. The number of amides is 1. The van der Waals surface area contributed by atoms with Crippen molar-refractivity contribution in [3.63, 3.8) is 0 Å². The van der Waals surface area contributed by atoms with E-state index in [-0.39, 0.29) is 34.3 Å². The fourth-order valence-electron chi connectivity index (χ4n) is 6.80. The van der Waals surface area contributed by atoms with Crippen LogP contribution in [0.2, 0.25) is 0 Å². The summed E-state index contributed by atoms with van der Waals surface area (Å²) in [4.78, 5) is 36.2. The molecule has 0 aliphatic heterocycles. The summed E-state index contributed by atoms with van der Waals surface area (Å²) in [5.74, 6) is 1.88. The molecule has 0 spiro atoms. The zero-order valence-electron chi connectivity index (χ0n) is 15.6. The molecule has 0 aromatic heterocycles. The molecule has 6 atom stereocenters. The van der Waals surface area contributed by atoms with Gasteiger partial charge in [0.15, 0.2) is 11.6 Å². The number of Topliss-reactive ketones (excluding diaryl/α,β-unsaturated/α-hetero) is 1. The van der Waals surface area contributed by atoms with Crippen molar-refractivity contribution in [1.82, 2.24) is 5.32 Å². The highest BCUT2D eigenvalue weighted by atomic mass is 16.2. The van der Waals surface area contributed by atoms with Gasteiger partial charge in [0.05, 0.1) is 6.04 Å². The van der Waals surface area contributed by atoms with Gasteiger partial charge in [-0.15, -0.1) is 0 Å². The lowest BCUT2D eigenvalue weighted by molar-refractivity contribution is -0.127. The van der Waals surface area contributed by atoms with Crippen LogP contribution in [0.3, 0.4) is 0 Å². The molecule has 136 valence electrons. The van der Waals surface area contributed by atoms with Gasteiger partial charge in [-0.1, -0.05) is 19.4 Å². The van der Waals surface area contributed by atoms with Crippen LogP contribution in [-0.2, 0) is 14.4 Å². The van der Waals surface area contributed by atoms with Crippen LogP contribution >= 0.6 is 0 Å². The Hall–Kier alpha value is -1.45. The van der Waals surface area contributed by atoms with Gasteiger partial charge in [0.2, 0.25) is 5.91 Å². The van der Waals surface area contributed by atoms with Crippen molar-refractivity contribution >= 4 is 17.5 Å². The van der Waals surface area contributed by atoms with E-state index in [0.717, 1.165) is 32.1 Å². The lowest BCUT2D eigenvalue weighted by Crippen LogP contribution is -2.54. The van der Waals surface area contributed by atoms with Crippen molar-refractivity contribution in [3.8, 4) is 0 Å². The third-order valence-corrected chi connectivity index (χ3v) is 8.15. The van der Waals surface area contributed by atoms with Gasteiger partial charge in [0, 0.05) is 19.8 Å². The third kappa shape index (κ3) is 2.36. The Bertz CT molecular complexity index is 681. The lowest BCUT2D eigenvalue weighted by Gasteiger charge is -2.57. The zero-order valence-corrected chi connectivity index (χ0v) is 15.6. The summed E-state index contributed by atoms with van der Waals surface area (Å²) >= 11 is 0. The van der Waals surface area contributed by atoms with Crippen molar-refractivity contribution in [2.75, 3.05) is 0 Å². The van der Waals surface area contributed by atoms with Crippen molar-refractivity contribution in [2.45, 2.75) is 71.8 Å². The van der Waals surface area contributed by atoms with Gasteiger partial charge in [-0.25, -0.2) is 0 Å². The predicted molar refractivity (Wildman–Crippen MR) is 94.7 cm³/mol. The van der Waals surface area contributed by atoms with Crippen LogP contribution in [0.25, 0.3) is 0 Å². The fourth-order valence-corrected chi connectivity index (χ4v) is 6.80. The van der Waals surface area contributed by atoms with Gasteiger partial charge in [0.1, 0.15) is 0 Å². The molecule has 25 heavy (non-hydrogen) atoms. The second-order valence-electron chi connectivity index (χ2n) is 9.32. The van der Waals surface area contributed by atoms with Gasteiger partial charge in [-0.05, 0) is 66.8 Å². The van der Waals surface area contributed by atoms with Crippen LogP contribution in [0.1, 0.15) is 65.7 Å². The monoisotopic (exact) mass is 343 g/mol. The average Bonchev–Trinajstić information content (AvgIpc) is 2.79. The largest absolute Gasteiger partial charge is 0.346 e. The summed E-state index contributed by atoms with van der Waals surface area (Å²) in [7, 11) is 0. The van der Waals surface area contributed by atoms with E-state index < -0.39 is 0 Å². The van der Waals surface area contributed by atoms with E-state index in [4.69, 9.17) is 0 Å². The second kappa shape index (κ2) is 5.52. The minimum atomic E-state index is -0.311. The summed E-state index contributed by atoms with van der Waals surface area (Å²) in [5.41, 5.74) is 1.38. The van der Waals surface area contributed by atoms with E-state index in [1.54, 1.807) is 0 Å². The Kier molecular flexibility index (Phi) is 3.75. The van der Waals surface area contributed by atoms with E-state index in [9.17, 15) is 14.4 Å². The number of carbonyl (C=O) groups excluding carboxylic acids is 3. The van der Waals surface area contributed by atoms with Crippen molar-refractivity contribution in [2.24, 2.45) is 28.6 Å². The summed E-state index contributed by atoms with van der Waals surface area (Å²) in [6.45, 7) is 6.08. The molecule has 0 unspecified atom stereocenters. The predicted octanol–water partition coefficient (Wildman–Crippen LogP) is 3.20. The Morgan fingerprint density at radius 1 is 1.12 bits per heavy atom. The van der Waals surface area contributed by atoms with Crippen LogP contribution < -0.4 is 5.32 Å². The molecule has 1 amide bonds. The van der Waals surface area contributed by atoms with Gasteiger partial charge < -0.3 is 5.32 Å². The highest BCUT2D eigenvalue weighted by Crippen LogP contribution is 2.64. The molecule has 4 aliphatic carbocycles. The first-order valence-electron chi connectivity index (χ1n) is 9.79. The SMILES string of the molecule is CC(=O)N[C@@H]1C(=O)C[C@@H]2[C@@H]3CCC4=CC(=O)CC[C@]4(C)[C@@H]3CC[C@]12C. The molecule has 4 aliphatic rings. The van der Waals surface area contributed by atoms with Gasteiger partial charge in [-0.3, -0.25) is 14.4 Å². The maximum atomic E-state index is 12.7. The smallest absolute Gasteiger partial charge is 0.217 e. The summed E-state index contributed by atoms with van der Waals surface area (Å²) in [6.07, 6.45) is 8.33. The van der Waals surface area contributed by atoms with Crippen molar-refractivity contribution in [1.29, 1.82) is 0 Å². The van der Waals surface area contributed by atoms with Crippen LogP contribution in [0.4, 0.5) is 0 Å². The number of rotatable bonds is 1.